The number of alkyl carbamates (subject to hydrolysis) is 1. The first-order chi connectivity index (χ1) is 11.9. The Balaban J connectivity index is 1.84. The Kier molecular flexibility index (Phi) is 6.79. The molecule has 138 valence electrons. The van der Waals surface area contributed by atoms with E-state index in [2.05, 4.69) is 15.2 Å². The van der Waals surface area contributed by atoms with Crippen molar-refractivity contribution in [2.45, 2.75) is 58.5 Å². The minimum atomic E-state index is -0.515. The van der Waals surface area contributed by atoms with Gasteiger partial charge in [0.05, 0.1) is 5.56 Å². The average molecular weight is 347 g/mol. The summed E-state index contributed by atoms with van der Waals surface area (Å²) in [6.45, 7) is 7.79. The van der Waals surface area contributed by atoms with Crippen molar-refractivity contribution in [2.24, 2.45) is 0 Å². The molecule has 6 heteroatoms. The maximum atomic E-state index is 12.6. The summed E-state index contributed by atoms with van der Waals surface area (Å²) in [5.74, 6) is 0.868. The molecule has 0 aromatic carbocycles. The number of hydrogen-bond acceptors (Lipinski definition) is 5. The van der Waals surface area contributed by atoms with Gasteiger partial charge in [-0.05, 0) is 58.6 Å². The van der Waals surface area contributed by atoms with Gasteiger partial charge in [0.1, 0.15) is 11.4 Å². The van der Waals surface area contributed by atoms with Crippen molar-refractivity contribution < 1.29 is 14.3 Å². The van der Waals surface area contributed by atoms with Crippen LogP contribution in [0.1, 0.15) is 63.2 Å². The van der Waals surface area contributed by atoms with Crippen LogP contribution in [0, 0.1) is 0 Å². The molecule has 1 aliphatic rings. The SMILES string of the molecule is CC(C)(C)OC(=O)NCCCC(=O)c1cccnc1N1CCCCC1. The smallest absolute Gasteiger partial charge is 0.407 e. The molecule has 0 unspecified atom stereocenters. The zero-order valence-corrected chi connectivity index (χ0v) is 15.5. The summed E-state index contributed by atoms with van der Waals surface area (Å²) in [5, 5.41) is 2.68. The van der Waals surface area contributed by atoms with E-state index in [4.69, 9.17) is 4.74 Å². The monoisotopic (exact) mass is 347 g/mol. The van der Waals surface area contributed by atoms with Crippen LogP contribution in [0.25, 0.3) is 0 Å². The number of pyridine rings is 1. The molecule has 0 saturated carbocycles. The van der Waals surface area contributed by atoms with E-state index in [1.54, 1.807) is 12.3 Å². The molecule has 0 spiro atoms. The summed E-state index contributed by atoms with van der Waals surface area (Å²) in [7, 11) is 0. The average Bonchev–Trinajstić information content (AvgIpc) is 2.58. The molecule has 25 heavy (non-hydrogen) atoms. The minimum Gasteiger partial charge on any atom is -0.444 e. The predicted octanol–water partition coefficient (Wildman–Crippen LogP) is 3.56. The highest BCUT2D eigenvalue weighted by Crippen LogP contribution is 2.23. The molecule has 1 N–H and O–H groups in total. The number of hydrogen-bond donors (Lipinski definition) is 1. The number of carbonyl (C=O) groups is 2. The molecule has 0 radical (unpaired) electrons. The summed E-state index contributed by atoms with van der Waals surface area (Å²) >= 11 is 0. The lowest BCUT2D eigenvalue weighted by Crippen LogP contribution is -2.33. The molecule has 1 aromatic rings. The van der Waals surface area contributed by atoms with E-state index in [0.29, 0.717) is 24.9 Å². The van der Waals surface area contributed by atoms with Gasteiger partial charge in [-0.2, -0.15) is 0 Å². The third-order valence-corrected chi connectivity index (χ3v) is 3.99. The number of piperidine rings is 1. The van der Waals surface area contributed by atoms with Crippen molar-refractivity contribution in [3.63, 3.8) is 0 Å². The number of amides is 1. The molecule has 2 rings (SSSR count). The molecule has 6 nitrogen and oxygen atoms in total. The minimum absolute atomic E-state index is 0.0691. The third kappa shape index (κ3) is 6.36. The molecule has 1 fully saturated rings. The van der Waals surface area contributed by atoms with Crippen molar-refractivity contribution in [1.29, 1.82) is 0 Å². The molecule has 1 amide bonds. The standard InChI is InChI=1S/C19H29N3O3/c1-19(2,3)25-18(24)21-12-8-10-16(23)15-9-7-11-20-17(15)22-13-5-4-6-14-22/h7,9,11H,4-6,8,10,12-14H2,1-3H3,(H,21,24). The Bertz CT molecular complexity index is 590. The molecule has 1 saturated heterocycles. The highest BCUT2D eigenvalue weighted by molar-refractivity contribution is 6.00. The molecule has 0 aliphatic carbocycles. The highest BCUT2D eigenvalue weighted by Gasteiger charge is 2.19. The summed E-state index contributed by atoms with van der Waals surface area (Å²) in [6.07, 6.45) is 5.77. The van der Waals surface area contributed by atoms with Crippen LogP contribution in [-0.2, 0) is 4.74 Å². The fourth-order valence-corrected chi connectivity index (χ4v) is 2.86. The van der Waals surface area contributed by atoms with Crippen LogP contribution in [0.3, 0.4) is 0 Å². The Morgan fingerprint density at radius 1 is 1.24 bits per heavy atom. The van der Waals surface area contributed by atoms with Crippen LogP contribution in [0.4, 0.5) is 10.6 Å². The van der Waals surface area contributed by atoms with Crippen LogP contribution in [0.2, 0.25) is 0 Å². The van der Waals surface area contributed by atoms with E-state index in [1.807, 2.05) is 26.8 Å². The van der Waals surface area contributed by atoms with Gasteiger partial charge in [-0.1, -0.05) is 0 Å². The maximum absolute atomic E-state index is 12.6. The quantitative estimate of drug-likeness (QED) is 0.629. The van der Waals surface area contributed by atoms with E-state index in [1.165, 1.54) is 6.42 Å². The fourth-order valence-electron chi connectivity index (χ4n) is 2.86. The Morgan fingerprint density at radius 3 is 2.64 bits per heavy atom. The van der Waals surface area contributed by atoms with Gasteiger partial charge in [-0.3, -0.25) is 4.79 Å². The van der Waals surface area contributed by atoms with Gasteiger partial charge in [-0.25, -0.2) is 9.78 Å². The Hall–Kier alpha value is -2.11. The molecule has 1 aromatic heterocycles. The number of ether oxygens (including phenoxy) is 1. The number of anilines is 1. The van der Waals surface area contributed by atoms with E-state index >= 15 is 0 Å². The summed E-state index contributed by atoms with van der Waals surface area (Å²) in [5.41, 5.74) is 0.167. The second-order valence-corrected chi connectivity index (χ2v) is 7.38. The number of Topliss-reactive ketones (excluding diaryl/α,β-unsaturated/α-hetero) is 1. The van der Waals surface area contributed by atoms with E-state index in [9.17, 15) is 9.59 Å². The van der Waals surface area contributed by atoms with Crippen LogP contribution in [0.15, 0.2) is 18.3 Å². The van der Waals surface area contributed by atoms with Crippen molar-refractivity contribution in [2.75, 3.05) is 24.5 Å². The summed E-state index contributed by atoms with van der Waals surface area (Å²) in [4.78, 5) is 30.8. The van der Waals surface area contributed by atoms with Crippen LogP contribution in [0.5, 0.6) is 0 Å². The second kappa shape index (κ2) is 8.83. The first-order valence-electron chi connectivity index (χ1n) is 9.07. The van der Waals surface area contributed by atoms with Crippen LogP contribution >= 0.6 is 0 Å². The predicted molar refractivity (Wildman–Crippen MR) is 98.1 cm³/mol. The Morgan fingerprint density at radius 2 is 1.96 bits per heavy atom. The van der Waals surface area contributed by atoms with E-state index < -0.39 is 11.7 Å². The molecule has 0 atom stereocenters. The van der Waals surface area contributed by atoms with Gasteiger partial charge < -0.3 is 15.0 Å². The largest absolute Gasteiger partial charge is 0.444 e. The third-order valence-electron chi connectivity index (χ3n) is 3.99. The zero-order chi connectivity index (χ0) is 18.3. The molecular weight excluding hydrogens is 318 g/mol. The number of nitrogens with one attached hydrogen (secondary N) is 1. The zero-order valence-electron chi connectivity index (χ0n) is 15.5. The molecule has 1 aliphatic heterocycles. The maximum Gasteiger partial charge on any atom is 0.407 e. The highest BCUT2D eigenvalue weighted by atomic mass is 16.6. The van der Waals surface area contributed by atoms with Gasteiger partial charge in [0.2, 0.25) is 0 Å². The lowest BCUT2D eigenvalue weighted by atomic mass is 10.1. The topological polar surface area (TPSA) is 71.5 Å². The van der Waals surface area contributed by atoms with Gasteiger partial charge in [0.25, 0.3) is 0 Å². The van der Waals surface area contributed by atoms with E-state index in [0.717, 1.165) is 31.7 Å². The van der Waals surface area contributed by atoms with Gasteiger partial charge in [-0.15, -0.1) is 0 Å². The van der Waals surface area contributed by atoms with Gasteiger partial charge in [0.15, 0.2) is 5.78 Å². The van der Waals surface area contributed by atoms with Crippen LogP contribution < -0.4 is 10.2 Å². The molecule has 2 heterocycles. The van der Waals surface area contributed by atoms with Gasteiger partial charge >= 0.3 is 6.09 Å². The van der Waals surface area contributed by atoms with Crippen molar-refractivity contribution in [1.82, 2.24) is 10.3 Å². The lowest BCUT2D eigenvalue weighted by molar-refractivity contribution is 0.0525. The van der Waals surface area contributed by atoms with Crippen molar-refractivity contribution >= 4 is 17.7 Å². The van der Waals surface area contributed by atoms with Crippen LogP contribution in [-0.4, -0.2) is 42.1 Å². The first-order valence-corrected chi connectivity index (χ1v) is 9.07. The molecule has 0 bridgehead atoms. The van der Waals surface area contributed by atoms with Crippen molar-refractivity contribution in [3.8, 4) is 0 Å². The van der Waals surface area contributed by atoms with Gasteiger partial charge in [0, 0.05) is 32.3 Å². The second-order valence-electron chi connectivity index (χ2n) is 7.38. The normalized spacial score (nSPS) is 14.9. The number of carbonyl (C=O) groups excluding carboxylic acids is 2. The summed E-state index contributed by atoms with van der Waals surface area (Å²) in [6, 6.07) is 3.65. The number of ketones is 1. The number of rotatable bonds is 6. The number of nitrogens with zero attached hydrogens (tertiary/aromatic N) is 2. The van der Waals surface area contributed by atoms with E-state index in [-0.39, 0.29) is 5.78 Å². The molecular formula is C19H29N3O3. The summed E-state index contributed by atoms with van der Waals surface area (Å²) < 4.78 is 5.18. The fraction of sp³-hybridized carbons (Fsp3) is 0.632. The number of aromatic nitrogens is 1. The lowest BCUT2D eigenvalue weighted by Gasteiger charge is -2.29. The Labute approximate surface area is 150 Å². The van der Waals surface area contributed by atoms with Crippen molar-refractivity contribution in [3.05, 3.63) is 23.9 Å². The first kappa shape index (κ1) is 19.2.